The monoisotopic (exact) mass is 349 g/mol. The molecule has 3 aromatic rings. The van der Waals surface area contributed by atoms with Gasteiger partial charge in [0, 0.05) is 11.2 Å². The van der Waals surface area contributed by atoms with E-state index in [0.717, 1.165) is 11.2 Å². The van der Waals surface area contributed by atoms with E-state index in [9.17, 15) is 4.79 Å². The predicted molar refractivity (Wildman–Crippen MR) is 89.0 cm³/mol. The number of nitrogens with one attached hydrogen (secondary N) is 1. The van der Waals surface area contributed by atoms with Crippen LogP contribution < -0.4 is 10.1 Å². The molecule has 0 spiro atoms. The Kier molecular flexibility index (Phi) is 4.69. The highest BCUT2D eigenvalue weighted by Crippen LogP contribution is 2.27. The van der Waals surface area contributed by atoms with Gasteiger partial charge in [-0.2, -0.15) is 5.10 Å². The molecule has 3 rings (SSSR count). The Morgan fingerprint density at radius 3 is 2.87 bits per heavy atom. The molecule has 2 heterocycles. The number of halogens is 2. The van der Waals surface area contributed by atoms with E-state index in [-0.39, 0.29) is 12.5 Å². The molecule has 0 saturated heterocycles. The van der Waals surface area contributed by atoms with E-state index in [2.05, 4.69) is 10.4 Å². The maximum atomic E-state index is 11.8. The van der Waals surface area contributed by atoms with Crippen LogP contribution in [-0.2, 0) is 11.3 Å². The molecule has 0 radical (unpaired) electrons. The van der Waals surface area contributed by atoms with Crippen LogP contribution in [0.3, 0.4) is 0 Å². The summed E-state index contributed by atoms with van der Waals surface area (Å²) in [5.74, 6) is 0.159. The van der Waals surface area contributed by atoms with E-state index in [0.29, 0.717) is 22.3 Å². The molecule has 0 unspecified atom stereocenters. The lowest BCUT2D eigenvalue weighted by molar-refractivity contribution is -0.123. The Labute approximate surface area is 142 Å². The number of carbonyl (C=O) groups excluding carboxylic acids is 1. The first-order valence-corrected chi connectivity index (χ1v) is 7.65. The smallest absolute Gasteiger partial charge is 0.258 e. The minimum Gasteiger partial charge on any atom is -0.482 e. The summed E-state index contributed by atoms with van der Waals surface area (Å²) in [6.07, 6.45) is 1.85. The van der Waals surface area contributed by atoms with Crippen molar-refractivity contribution in [1.82, 2.24) is 14.9 Å². The summed E-state index contributed by atoms with van der Waals surface area (Å²) in [5.41, 5.74) is 1.75. The fourth-order valence-corrected chi connectivity index (χ4v) is 2.52. The van der Waals surface area contributed by atoms with Gasteiger partial charge in [-0.05, 0) is 36.4 Å². The van der Waals surface area contributed by atoms with Gasteiger partial charge in [-0.3, -0.25) is 4.79 Å². The van der Waals surface area contributed by atoms with Crippen molar-refractivity contribution >= 4 is 34.6 Å². The van der Waals surface area contributed by atoms with Crippen molar-refractivity contribution in [3.8, 4) is 5.75 Å². The van der Waals surface area contributed by atoms with Crippen molar-refractivity contribution in [2.24, 2.45) is 0 Å². The van der Waals surface area contributed by atoms with Crippen LogP contribution in [0.4, 0.5) is 0 Å². The number of fused-ring (bicyclic) bond motifs is 1. The van der Waals surface area contributed by atoms with Crippen molar-refractivity contribution in [3.05, 3.63) is 64.4 Å². The molecule has 0 atom stereocenters. The molecular formula is C16H13Cl2N3O2. The number of benzene rings is 1. The Morgan fingerprint density at radius 2 is 2.09 bits per heavy atom. The number of ether oxygens (including phenoxy) is 1. The summed E-state index contributed by atoms with van der Waals surface area (Å²) in [6, 6.07) is 12.5. The van der Waals surface area contributed by atoms with E-state index in [4.69, 9.17) is 27.9 Å². The second-order valence-corrected chi connectivity index (χ2v) is 5.69. The van der Waals surface area contributed by atoms with Gasteiger partial charge in [-0.15, -0.1) is 0 Å². The number of carbonyl (C=O) groups is 1. The summed E-state index contributed by atoms with van der Waals surface area (Å²) >= 11 is 11.8. The number of aromatic nitrogens is 2. The van der Waals surface area contributed by atoms with Gasteiger partial charge < -0.3 is 10.1 Å². The number of hydrogen-bond acceptors (Lipinski definition) is 3. The lowest BCUT2D eigenvalue weighted by Crippen LogP contribution is -2.28. The first-order chi connectivity index (χ1) is 11.1. The molecule has 23 heavy (non-hydrogen) atoms. The molecule has 0 saturated carbocycles. The fourth-order valence-electron chi connectivity index (χ4n) is 2.05. The molecule has 5 nitrogen and oxygen atoms in total. The van der Waals surface area contributed by atoms with E-state index >= 15 is 0 Å². The van der Waals surface area contributed by atoms with E-state index in [1.165, 1.54) is 0 Å². The minimum absolute atomic E-state index is 0.130. The van der Waals surface area contributed by atoms with Gasteiger partial charge in [0.25, 0.3) is 5.91 Å². The third kappa shape index (κ3) is 3.94. The number of hydrogen-bond donors (Lipinski definition) is 1. The highest BCUT2D eigenvalue weighted by atomic mass is 35.5. The third-order valence-electron chi connectivity index (χ3n) is 3.14. The van der Waals surface area contributed by atoms with Crippen molar-refractivity contribution in [3.63, 3.8) is 0 Å². The highest BCUT2D eigenvalue weighted by molar-refractivity contribution is 6.35. The van der Waals surface area contributed by atoms with Gasteiger partial charge in [0.05, 0.1) is 22.8 Å². The normalized spacial score (nSPS) is 10.7. The second kappa shape index (κ2) is 6.89. The van der Waals surface area contributed by atoms with E-state index < -0.39 is 0 Å². The molecule has 0 aliphatic heterocycles. The molecule has 1 aromatic carbocycles. The van der Waals surface area contributed by atoms with Crippen molar-refractivity contribution in [2.75, 3.05) is 6.61 Å². The Balaban J connectivity index is 1.53. The molecular weight excluding hydrogens is 337 g/mol. The minimum atomic E-state index is -0.256. The largest absolute Gasteiger partial charge is 0.482 e. The van der Waals surface area contributed by atoms with Crippen LogP contribution >= 0.6 is 23.2 Å². The van der Waals surface area contributed by atoms with Crippen LogP contribution in [0.5, 0.6) is 5.75 Å². The zero-order valence-corrected chi connectivity index (χ0v) is 13.5. The summed E-state index contributed by atoms with van der Waals surface area (Å²) in [6.45, 7) is 0.201. The molecule has 0 bridgehead atoms. The van der Waals surface area contributed by atoms with Crippen LogP contribution in [0.25, 0.3) is 5.52 Å². The van der Waals surface area contributed by atoms with Gasteiger partial charge in [0.2, 0.25) is 0 Å². The zero-order valence-electron chi connectivity index (χ0n) is 12.0. The average Bonchev–Trinajstić information content (AvgIpc) is 2.95. The molecule has 0 aliphatic rings. The molecule has 118 valence electrons. The highest BCUT2D eigenvalue weighted by Gasteiger charge is 2.08. The quantitative estimate of drug-likeness (QED) is 0.768. The van der Waals surface area contributed by atoms with Crippen LogP contribution in [0.1, 0.15) is 5.69 Å². The molecule has 0 fully saturated rings. The molecule has 2 aromatic heterocycles. The Morgan fingerprint density at radius 1 is 1.22 bits per heavy atom. The topological polar surface area (TPSA) is 55.6 Å². The first-order valence-electron chi connectivity index (χ1n) is 6.90. The SMILES string of the molecule is O=C(COc1ccc(Cl)cc1Cl)NCc1cc2ccccn2n1. The Hall–Kier alpha value is -2.24. The van der Waals surface area contributed by atoms with Crippen LogP contribution in [0.2, 0.25) is 10.0 Å². The van der Waals surface area contributed by atoms with Gasteiger partial charge in [0.1, 0.15) is 5.75 Å². The molecule has 7 heteroatoms. The summed E-state index contributed by atoms with van der Waals surface area (Å²) in [5, 5.41) is 7.98. The summed E-state index contributed by atoms with van der Waals surface area (Å²) < 4.78 is 7.13. The molecule has 1 N–H and O–H groups in total. The maximum Gasteiger partial charge on any atom is 0.258 e. The van der Waals surface area contributed by atoms with E-state index in [1.807, 2.05) is 30.5 Å². The maximum absolute atomic E-state index is 11.8. The summed E-state index contributed by atoms with van der Waals surface area (Å²) in [4.78, 5) is 11.8. The van der Waals surface area contributed by atoms with Crippen molar-refractivity contribution in [2.45, 2.75) is 6.54 Å². The van der Waals surface area contributed by atoms with Crippen molar-refractivity contribution < 1.29 is 9.53 Å². The van der Waals surface area contributed by atoms with Gasteiger partial charge >= 0.3 is 0 Å². The second-order valence-electron chi connectivity index (χ2n) is 4.85. The van der Waals surface area contributed by atoms with Crippen LogP contribution in [0, 0.1) is 0 Å². The van der Waals surface area contributed by atoms with E-state index in [1.54, 1.807) is 22.7 Å². The predicted octanol–water partition coefficient (Wildman–Crippen LogP) is 3.34. The Bertz CT molecular complexity index is 815. The third-order valence-corrected chi connectivity index (χ3v) is 3.67. The number of nitrogens with zero attached hydrogens (tertiary/aromatic N) is 2. The van der Waals surface area contributed by atoms with Crippen LogP contribution in [0.15, 0.2) is 48.7 Å². The lowest BCUT2D eigenvalue weighted by atomic mass is 10.3. The van der Waals surface area contributed by atoms with Gasteiger partial charge in [-0.1, -0.05) is 29.3 Å². The fraction of sp³-hybridized carbons (Fsp3) is 0.125. The lowest BCUT2D eigenvalue weighted by Gasteiger charge is -2.08. The average molecular weight is 350 g/mol. The number of rotatable bonds is 5. The number of pyridine rings is 1. The van der Waals surface area contributed by atoms with Gasteiger partial charge in [0.15, 0.2) is 6.61 Å². The summed E-state index contributed by atoms with van der Waals surface area (Å²) in [7, 11) is 0. The number of amides is 1. The van der Waals surface area contributed by atoms with Crippen LogP contribution in [-0.4, -0.2) is 22.1 Å². The first kappa shape index (κ1) is 15.6. The standard InChI is InChI=1S/C16H13Cl2N3O2/c17-11-4-5-15(14(18)7-11)23-10-16(22)19-9-12-8-13-3-1-2-6-21(13)20-12/h1-8H,9-10H2,(H,19,22). The molecule has 0 aliphatic carbocycles. The zero-order chi connectivity index (χ0) is 16.2. The van der Waals surface area contributed by atoms with Crippen molar-refractivity contribution in [1.29, 1.82) is 0 Å². The molecule has 1 amide bonds. The van der Waals surface area contributed by atoms with Gasteiger partial charge in [-0.25, -0.2) is 4.52 Å².